The van der Waals surface area contributed by atoms with E-state index in [-0.39, 0.29) is 17.8 Å². The van der Waals surface area contributed by atoms with Crippen LogP contribution in [0.2, 0.25) is 0 Å². The summed E-state index contributed by atoms with van der Waals surface area (Å²) in [5, 5.41) is 14.2. The monoisotopic (exact) mass is 301 g/mol. The van der Waals surface area contributed by atoms with Gasteiger partial charge in [-0.05, 0) is 49.4 Å². The third kappa shape index (κ3) is 2.74. The van der Waals surface area contributed by atoms with Crippen molar-refractivity contribution in [2.75, 3.05) is 7.11 Å². The summed E-state index contributed by atoms with van der Waals surface area (Å²) in [7, 11) is 1.33. The molecule has 2 aliphatic rings. The van der Waals surface area contributed by atoms with Crippen LogP contribution in [0.15, 0.2) is 18.2 Å². The van der Waals surface area contributed by atoms with Gasteiger partial charge in [0, 0.05) is 12.1 Å². The fraction of sp³-hybridized carbons (Fsp3) is 0.600. The highest BCUT2D eigenvalue weighted by molar-refractivity contribution is 5.39. The van der Waals surface area contributed by atoms with Gasteiger partial charge in [0.2, 0.25) is 0 Å². The van der Waals surface area contributed by atoms with Crippen molar-refractivity contribution in [3.63, 3.8) is 0 Å². The molecule has 0 aromatic heterocycles. The zero-order valence-corrected chi connectivity index (χ0v) is 11.7. The molecule has 2 N–H and O–H groups in total. The fourth-order valence-electron chi connectivity index (χ4n) is 3.51. The normalized spacial score (nSPS) is 32.2. The van der Waals surface area contributed by atoms with Crippen molar-refractivity contribution in [3.8, 4) is 5.75 Å². The minimum Gasteiger partial charge on any atom is -0.497 e. The zero-order valence-electron chi connectivity index (χ0n) is 11.7. The molecular formula is C15H18F3NO2. The van der Waals surface area contributed by atoms with Gasteiger partial charge < -0.3 is 15.2 Å². The molecule has 116 valence electrons. The number of alkyl halides is 3. The van der Waals surface area contributed by atoms with E-state index >= 15 is 0 Å². The summed E-state index contributed by atoms with van der Waals surface area (Å²) in [4.78, 5) is 0. The predicted octanol–water partition coefficient (Wildman–Crippen LogP) is 2.82. The number of piperidine rings is 1. The molecule has 2 saturated heterocycles. The molecule has 1 aromatic rings. The van der Waals surface area contributed by atoms with Gasteiger partial charge in [-0.2, -0.15) is 13.2 Å². The molecule has 0 radical (unpaired) electrons. The summed E-state index contributed by atoms with van der Waals surface area (Å²) in [6, 6.07) is 3.87. The second-order valence-corrected chi connectivity index (χ2v) is 6.03. The average molecular weight is 301 g/mol. The number of hydrogen-bond donors (Lipinski definition) is 2. The SMILES string of the molecule is COc1cc(C(F)(F)F)cc(C2(O)CC3CCC(C2)N3)c1. The van der Waals surface area contributed by atoms with E-state index in [4.69, 9.17) is 4.74 Å². The number of methoxy groups -OCH3 is 1. The topological polar surface area (TPSA) is 41.5 Å². The van der Waals surface area contributed by atoms with Crippen LogP contribution < -0.4 is 10.1 Å². The minimum absolute atomic E-state index is 0.124. The highest BCUT2D eigenvalue weighted by atomic mass is 19.4. The maximum Gasteiger partial charge on any atom is 0.416 e. The van der Waals surface area contributed by atoms with Crippen LogP contribution in [-0.4, -0.2) is 24.3 Å². The maximum absolute atomic E-state index is 13.0. The van der Waals surface area contributed by atoms with Crippen LogP contribution in [0.5, 0.6) is 5.75 Å². The van der Waals surface area contributed by atoms with Crippen LogP contribution in [0.3, 0.4) is 0 Å². The molecule has 0 spiro atoms. The summed E-state index contributed by atoms with van der Waals surface area (Å²) in [5.41, 5.74) is -1.70. The molecule has 0 saturated carbocycles. The maximum atomic E-state index is 13.0. The van der Waals surface area contributed by atoms with E-state index < -0.39 is 17.3 Å². The first kappa shape index (κ1) is 14.7. The molecular weight excluding hydrogens is 283 g/mol. The molecule has 2 bridgehead atoms. The van der Waals surface area contributed by atoms with Crippen LogP contribution in [0, 0.1) is 0 Å². The lowest BCUT2D eigenvalue weighted by atomic mass is 9.81. The Hall–Kier alpha value is -1.27. The third-order valence-electron chi connectivity index (χ3n) is 4.51. The summed E-state index contributed by atoms with van der Waals surface area (Å²) in [5.74, 6) is 0.124. The van der Waals surface area contributed by atoms with Crippen LogP contribution in [0.25, 0.3) is 0 Å². The molecule has 0 aliphatic carbocycles. The number of hydrogen-bond acceptors (Lipinski definition) is 3. The molecule has 6 heteroatoms. The smallest absolute Gasteiger partial charge is 0.416 e. The average Bonchev–Trinajstić information content (AvgIpc) is 2.77. The Kier molecular flexibility index (Phi) is 3.41. The predicted molar refractivity (Wildman–Crippen MR) is 71.1 cm³/mol. The van der Waals surface area contributed by atoms with Crippen molar-refractivity contribution in [2.45, 2.75) is 49.5 Å². The molecule has 3 rings (SSSR count). The first-order valence-electron chi connectivity index (χ1n) is 7.05. The second-order valence-electron chi connectivity index (χ2n) is 6.03. The van der Waals surface area contributed by atoms with Crippen molar-refractivity contribution < 1.29 is 23.0 Å². The molecule has 1 aromatic carbocycles. The molecule has 2 heterocycles. The lowest BCUT2D eigenvalue weighted by Gasteiger charge is -2.38. The van der Waals surface area contributed by atoms with Gasteiger partial charge in [0.25, 0.3) is 0 Å². The number of aliphatic hydroxyl groups is 1. The third-order valence-corrected chi connectivity index (χ3v) is 4.51. The van der Waals surface area contributed by atoms with E-state index in [1.165, 1.54) is 13.2 Å². The standard InChI is InChI=1S/C15H18F3NO2/c1-21-13-5-9(4-10(6-13)15(16,17)18)14(20)7-11-2-3-12(8-14)19-11/h4-6,11-12,19-20H,2-3,7-8H2,1H3. The minimum atomic E-state index is -4.45. The van der Waals surface area contributed by atoms with E-state index in [2.05, 4.69) is 5.32 Å². The molecule has 3 nitrogen and oxygen atoms in total. The second kappa shape index (κ2) is 4.88. The van der Waals surface area contributed by atoms with Gasteiger partial charge in [0.1, 0.15) is 5.75 Å². The number of ether oxygens (including phenoxy) is 1. The van der Waals surface area contributed by atoms with Gasteiger partial charge in [0.05, 0.1) is 18.3 Å². The first-order valence-corrected chi connectivity index (χ1v) is 7.05. The molecule has 2 unspecified atom stereocenters. The summed E-state index contributed by atoms with van der Waals surface area (Å²) in [6.45, 7) is 0. The molecule has 2 atom stereocenters. The number of fused-ring (bicyclic) bond motifs is 2. The number of halogens is 3. The Labute approximate surface area is 121 Å². The van der Waals surface area contributed by atoms with Crippen molar-refractivity contribution in [3.05, 3.63) is 29.3 Å². The Morgan fingerprint density at radius 2 is 1.81 bits per heavy atom. The molecule has 0 amide bonds. The largest absolute Gasteiger partial charge is 0.497 e. The van der Waals surface area contributed by atoms with Crippen LogP contribution in [0.4, 0.5) is 13.2 Å². The fourth-order valence-corrected chi connectivity index (χ4v) is 3.51. The quantitative estimate of drug-likeness (QED) is 0.882. The Morgan fingerprint density at radius 1 is 1.19 bits per heavy atom. The van der Waals surface area contributed by atoms with Crippen molar-refractivity contribution in [1.82, 2.24) is 5.32 Å². The Balaban J connectivity index is 2.01. The number of rotatable bonds is 2. The van der Waals surface area contributed by atoms with E-state index in [9.17, 15) is 18.3 Å². The summed E-state index contributed by atoms with van der Waals surface area (Å²) < 4.78 is 43.9. The van der Waals surface area contributed by atoms with Crippen LogP contribution >= 0.6 is 0 Å². The van der Waals surface area contributed by atoms with E-state index in [0.717, 1.165) is 25.0 Å². The van der Waals surface area contributed by atoms with Crippen molar-refractivity contribution >= 4 is 0 Å². The van der Waals surface area contributed by atoms with Gasteiger partial charge in [0.15, 0.2) is 0 Å². The van der Waals surface area contributed by atoms with Crippen LogP contribution in [0.1, 0.15) is 36.8 Å². The Morgan fingerprint density at radius 3 is 2.33 bits per heavy atom. The van der Waals surface area contributed by atoms with Gasteiger partial charge in [-0.25, -0.2) is 0 Å². The zero-order chi connectivity index (χ0) is 15.3. The highest BCUT2D eigenvalue weighted by Gasteiger charge is 2.44. The van der Waals surface area contributed by atoms with E-state index in [0.29, 0.717) is 18.4 Å². The van der Waals surface area contributed by atoms with Crippen molar-refractivity contribution in [1.29, 1.82) is 0 Å². The summed E-state index contributed by atoms with van der Waals surface area (Å²) in [6.07, 6.45) is -1.65. The first-order chi connectivity index (χ1) is 9.80. The summed E-state index contributed by atoms with van der Waals surface area (Å²) >= 11 is 0. The highest BCUT2D eigenvalue weighted by Crippen LogP contribution is 2.43. The van der Waals surface area contributed by atoms with Crippen LogP contribution in [-0.2, 0) is 11.8 Å². The molecule has 2 fully saturated rings. The lowest BCUT2D eigenvalue weighted by molar-refractivity contribution is -0.137. The van der Waals surface area contributed by atoms with Gasteiger partial charge in [-0.1, -0.05) is 0 Å². The lowest BCUT2D eigenvalue weighted by Crippen LogP contribution is -2.46. The Bertz CT molecular complexity index is 532. The molecule has 2 aliphatic heterocycles. The number of benzene rings is 1. The van der Waals surface area contributed by atoms with Gasteiger partial charge in [-0.3, -0.25) is 0 Å². The van der Waals surface area contributed by atoms with E-state index in [1.54, 1.807) is 0 Å². The van der Waals surface area contributed by atoms with E-state index in [1.807, 2.05) is 0 Å². The van der Waals surface area contributed by atoms with Gasteiger partial charge >= 0.3 is 6.18 Å². The molecule has 21 heavy (non-hydrogen) atoms. The van der Waals surface area contributed by atoms with Crippen molar-refractivity contribution in [2.24, 2.45) is 0 Å². The number of nitrogens with one attached hydrogen (secondary N) is 1. The van der Waals surface area contributed by atoms with Gasteiger partial charge in [-0.15, -0.1) is 0 Å².